The molecule has 2 aromatic heterocycles. The molecule has 0 spiro atoms. The third-order valence-electron chi connectivity index (χ3n) is 4.73. The van der Waals surface area contributed by atoms with Crippen LogP contribution in [0.5, 0.6) is 0 Å². The molecule has 0 fully saturated rings. The molecule has 0 atom stereocenters. The van der Waals surface area contributed by atoms with E-state index in [9.17, 15) is 4.79 Å². The molecule has 0 bridgehead atoms. The van der Waals surface area contributed by atoms with Gasteiger partial charge in [0, 0.05) is 37.6 Å². The smallest absolute Gasteiger partial charge is 0.197 e. The highest BCUT2D eigenvalue weighted by atomic mass is 16.1. The summed E-state index contributed by atoms with van der Waals surface area (Å²) in [5, 5.41) is 0. The van der Waals surface area contributed by atoms with Crippen molar-refractivity contribution in [2.75, 3.05) is 0 Å². The van der Waals surface area contributed by atoms with Crippen molar-refractivity contribution in [3.05, 3.63) is 96.3 Å². The average molecular weight is 340 g/mol. The van der Waals surface area contributed by atoms with Crippen LogP contribution in [0.4, 0.5) is 0 Å². The third-order valence-corrected chi connectivity index (χ3v) is 4.73. The Kier molecular flexibility index (Phi) is 4.05. The highest BCUT2D eigenvalue weighted by molar-refractivity contribution is 6.15. The molecule has 3 nitrogen and oxygen atoms in total. The van der Waals surface area contributed by atoms with Crippen LogP contribution in [0.2, 0.25) is 0 Å². The standard InChI is InChI=1S/C23H20N2O/c1-24-15-13-19(21(24)17-9-5-3-6-10-17)23(26)20-14-16-25(2)22(20)18-11-7-4-8-12-18/h3-16H,1-2H3. The number of aryl methyl sites for hydroxylation is 2. The second kappa shape index (κ2) is 6.52. The molecule has 0 amide bonds. The van der Waals surface area contributed by atoms with Crippen molar-refractivity contribution in [3.63, 3.8) is 0 Å². The van der Waals surface area contributed by atoms with Crippen molar-refractivity contribution in [1.29, 1.82) is 0 Å². The lowest BCUT2D eigenvalue weighted by Crippen LogP contribution is -2.05. The molecule has 0 aliphatic carbocycles. The van der Waals surface area contributed by atoms with Crippen molar-refractivity contribution in [2.45, 2.75) is 0 Å². The van der Waals surface area contributed by atoms with E-state index >= 15 is 0 Å². The van der Waals surface area contributed by atoms with Gasteiger partial charge in [0.1, 0.15) is 0 Å². The number of carbonyl (C=O) groups excluding carboxylic acids is 1. The van der Waals surface area contributed by atoms with E-state index in [1.54, 1.807) is 0 Å². The maximum absolute atomic E-state index is 13.4. The summed E-state index contributed by atoms with van der Waals surface area (Å²) in [6.45, 7) is 0. The highest BCUT2D eigenvalue weighted by Crippen LogP contribution is 2.31. The predicted molar refractivity (Wildman–Crippen MR) is 105 cm³/mol. The Morgan fingerprint density at radius 3 is 1.38 bits per heavy atom. The van der Waals surface area contributed by atoms with Gasteiger partial charge in [0.05, 0.1) is 11.4 Å². The first-order chi connectivity index (χ1) is 12.7. The molecule has 0 saturated heterocycles. The fraction of sp³-hybridized carbons (Fsp3) is 0.0870. The molecule has 4 rings (SSSR count). The lowest BCUT2D eigenvalue weighted by molar-refractivity contribution is 0.104. The van der Waals surface area contributed by atoms with Gasteiger partial charge in [-0.2, -0.15) is 0 Å². The minimum Gasteiger partial charge on any atom is -0.350 e. The fourth-order valence-corrected chi connectivity index (χ4v) is 3.48. The number of nitrogens with zero attached hydrogens (tertiary/aromatic N) is 2. The molecule has 128 valence electrons. The van der Waals surface area contributed by atoms with Gasteiger partial charge in [0.25, 0.3) is 0 Å². The molecular formula is C23H20N2O. The Bertz CT molecular complexity index is 971. The van der Waals surface area contributed by atoms with Crippen molar-refractivity contribution in [3.8, 4) is 22.5 Å². The summed E-state index contributed by atoms with van der Waals surface area (Å²) >= 11 is 0. The minimum absolute atomic E-state index is 0.0453. The van der Waals surface area contributed by atoms with E-state index in [2.05, 4.69) is 0 Å². The molecule has 3 heteroatoms. The maximum atomic E-state index is 13.4. The van der Waals surface area contributed by atoms with Gasteiger partial charge in [-0.25, -0.2) is 0 Å². The van der Waals surface area contributed by atoms with E-state index in [0.29, 0.717) is 0 Å². The Hall–Kier alpha value is -3.33. The molecule has 0 aliphatic rings. The lowest BCUT2D eigenvalue weighted by atomic mass is 9.98. The first-order valence-corrected chi connectivity index (χ1v) is 8.63. The molecule has 2 aromatic carbocycles. The summed E-state index contributed by atoms with van der Waals surface area (Å²) in [7, 11) is 3.95. The number of benzene rings is 2. The largest absolute Gasteiger partial charge is 0.350 e. The van der Waals surface area contributed by atoms with Gasteiger partial charge in [-0.05, 0) is 23.3 Å². The second-order valence-corrected chi connectivity index (χ2v) is 6.44. The zero-order valence-electron chi connectivity index (χ0n) is 14.9. The average Bonchev–Trinajstić information content (AvgIpc) is 3.25. The van der Waals surface area contributed by atoms with E-state index < -0.39 is 0 Å². The maximum Gasteiger partial charge on any atom is 0.197 e. The predicted octanol–water partition coefficient (Wildman–Crippen LogP) is 4.93. The Morgan fingerprint density at radius 2 is 1.00 bits per heavy atom. The van der Waals surface area contributed by atoms with E-state index in [1.165, 1.54) is 0 Å². The zero-order valence-corrected chi connectivity index (χ0v) is 14.9. The number of aromatic nitrogens is 2. The van der Waals surface area contributed by atoms with E-state index in [-0.39, 0.29) is 5.78 Å². The van der Waals surface area contributed by atoms with Gasteiger partial charge in [0.2, 0.25) is 0 Å². The minimum atomic E-state index is 0.0453. The molecule has 0 N–H and O–H groups in total. The third kappa shape index (κ3) is 2.68. The molecule has 0 radical (unpaired) electrons. The van der Waals surface area contributed by atoms with Crippen LogP contribution in [0.15, 0.2) is 85.2 Å². The van der Waals surface area contributed by atoms with Crippen LogP contribution in [-0.4, -0.2) is 14.9 Å². The molecule has 0 unspecified atom stereocenters. The highest BCUT2D eigenvalue weighted by Gasteiger charge is 2.22. The molecule has 26 heavy (non-hydrogen) atoms. The van der Waals surface area contributed by atoms with Crippen LogP contribution in [0.3, 0.4) is 0 Å². The second-order valence-electron chi connectivity index (χ2n) is 6.44. The van der Waals surface area contributed by atoms with Crippen LogP contribution >= 0.6 is 0 Å². The zero-order chi connectivity index (χ0) is 18.1. The van der Waals surface area contributed by atoms with Crippen molar-refractivity contribution in [2.24, 2.45) is 14.1 Å². The molecule has 4 aromatic rings. The molecule has 0 aliphatic heterocycles. The lowest BCUT2D eigenvalue weighted by Gasteiger charge is -2.10. The SMILES string of the molecule is Cn1ccc(C(=O)c2ccn(C)c2-c2ccccc2)c1-c1ccccc1. The number of carbonyl (C=O) groups is 1. The number of hydrogen-bond donors (Lipinski definition) is 0. The van der Waals surface area contributed by atoms with Gasteiger partial charge in [0.15, 0.2) is 5.78 Å². The first kappa shape index (κ1) is 16.2. The fourth-order valence-electron chi connectivity index (χ4n) is 3.48. The number of rotatable bonds is 4. The van der Waals surface area contributed by atoms with Crippen LogP contribution < -0.4 is 0 Å². The van der Waals surface area contributed by atoms with Crippen molar-refractivity contribution in [1.82, 2.24) is 9.13 Å². The van der Waals surface area contributed by atoms with Crippen LogP contribution in [0.1, 0.15) is 15.9 Å². The molecule has 0 saturated carbocycles. The van der Waals surface area contributed by atoms with Gasteiger partial charge in [-0.15, -0.1) is 0 Å². The summed E-state index contributed by atoms with van der Waals surface area (Å²) in [4.78, 5) is 13.4. The Labute approximate surface area is 153 Å². The summed E-state index contributed by atoms with van der Waals surface area (Å²) in [6, 6.07) is 23.9. The van der Waals surface area contributed by atoms with E-state index in [0.717, 1.165) is 33.6 Å². The monoisotopic (exact) mass is 340 g/mol. The summed E-state index contributed by atoms with van der Waals surface area (Å²) in [5.41, 5.74) is 5.42. The van der Waals surface area contributed by atoms with Crippen LogP contribution in [-0.2, 0) is 14.1 Å². The topological polar surface area (TPSA) is 26.9 Å². The first-order valence-electron chi connectivity index (χ1n) is 8.63. The van der Waals surface area contributed by atoms with E-state index in [4.69, 9.17) is 0 Å². The summed E-state index contributed by atoms with van der Waals surface area (Å²) in [5.74, 6) is 0.0453. The van der Waals surface area contributed by atoms with E-state index in [1.807, 2.05) is 108 Å². The van der Waals surface area contributed by atoms with Gasteiger partial charge < -0.3 is 9.13 Å². The van der Waals surface area contributed by atoms with Crippen molar-refractivity contribution < 1.29 is 4.79 Å². The molecular weight excluding hydrogens is 320 g/mol. The summed E-state index contributed by atoms with van der Waals surface area (Å²) < 4.78 is 4.02. The van der Waals surface area contributed by atoms with Crippen molar-refractivity contribution >= 4 is 5.78 Å². The van der Waals surface area contributed by atoms with Gasteiger partial charge >= 0.3 is 0 Å². The number of ketones is 1. The normalized spacial score (nSPS) is 10.8. The van der Waals surface area contributed by atoms with Gasteiger partial charge in [-0.1, -0.05) is 60.7 Å². The number of hydrogen-bond acceptors (Lipinski definition) is 1. The quantitative estimate of drug-likeness (QED) is 0.484. The van der Waals surface area contributed by atoms with Gasteiger partial charge in [-0.3, -0.25) is 4.79 Å². The van der Waals surface area contributed by atoms with Crippen LogP contribution in [0, 0.1) is 0 Å². The Morgan fingerprint density at radius 1 is 0.615 bits per heavy atom. The van der Waals surface area contributed by atoms with Crippen LogP contribution in [0.25, 0.3) is 22.5 Å². The molecule has 2 heterocycles. The Balaban J connectivity index is 1.85. The summed E-state index contributed by atoms with van der Waals surface area (Å²) in [6.07, 6.45) is 3.89.